The third kappa shape index (κ3) is 4.94. The highest BCUT2D eigenvalue weighted by atomic mass is 32.2. The highest BCUT2D eigenvalue weighted by molar-refractivity contribution is 7.90. The second kappa shape index (κ2) is 8.33. The monoisotopic (exact) mass is 386 g/mol. The number of hydrogen-bond acceptors (Lipinski definition) is 4. The van der Waals surface area contributed by atoms with E-state index in [-0.39, 0.29) is 11.5 Å². The number of carbonyl (C=O) groups is 1. The Bertz CT molecular complexity index is 974. The quantitative estimate of drug-likeness (QED) is 0.759. The zero-order valence-electron chi connectivity index (χ0n) is 15.4. The van der Waals surface area contributed by atoms with Crippen LogP contribution in [0.3, 0.4) is 0 Å². The van der Waals surface area contributed by atoms with Gasteiger partial charge >= 0.3 is 5.97 Å². The van der Waals surface area contributed by atoms with E-state index in [1.807, 2.05) is 37.3 Å². The minimum absolute atomic E-state index is 0.0163. The number of sulfonamides is 1. The summed E-state index contributed by atoms with van der Waals surface area (Å²) in [6.45, 7) is 5.49. The van der Waals surface area contributed by atoms with Crippen LogP contribution < -0.4 is 4.72 Å². The molecule has 0 saturated carbocycles. The van der Waals surface area contributed by atoms with Crippen LogP contribution in [0.1, 0.15) is 48.2 Å². The van der Waals surface area contributed by atoms with Crippen molar-refractivity contribution in [3.63, 3.8) is 0 Å². The third-order valence-electron chi connectivity index (χ3n) is 4.39. The van der Waals surface area contributed by atoms with E-state index in [4.69, 9.17) is 5.11 Å². The van der Waals surface area contributed by atoms with Gasteiger partial charge in [0.1, 0.15) is 0 Å². The second-order valence-corrected chi connectivity index (χ2v) is 8.96. The van der Waals surface area contributed by atoms with Crippen LogP contribution in [0, 0.1) is 11.3 Å². The van der Waals surface area contributed by atoms with Gasteiger partial charge in [-0.2, -0.15) is 5.26 Å². The van der Waals surface area contributed by atoms with Gasteiger partial charge in [-0.15, -0.1) is 0 Å². The second-order valence-electron chi connectivity index (χ2n) is 6.64. The lowest BCUT2D eigenvalue weighted by molar-refractivity contribution is 0.0697. The normalized spacial score (nSPS) is 12.6. The maximum Gasteiger partial charge on any atom is 0.335 e. The summed E-state index contributed by atoms with van der Waals surface area (Å²) in [5, 5.41) is 17.9. The van der Waals surface area contributed by atoms with Gasteiger partial charge < -0.3 is 5.11 Å². The molecule has 0 aliphatic heterocycles. The summed E-state index contributed by atoms with van der Waals surface area (Å²) in [7, 11) is -3.31. The van der Waals surface area contributed by atoms with Crippen LogP contribution in [-0.4, -0.2) is 31.3 Å². The molecule has 0 aromatic heterocycles. The number of nitrogens with zero attached hydrogens (tertiary/aromatic N) is 1. The molecule has 2 aromatic rings. The van der Waals surface area contributed by atoms with Gasteiger partial charge in [0, 0.05) is 6.54 Å². The Morgan fingerprint density at radius 1 is 1.15 bits per heavy atom. The molecule has 0 saturated heterocycles. The van der Waals surface area contributed by atoms with Gasteiger partial charge in [0.15, 0.2) is 0 Å². The first-order chi connectivity index (χ1) is 12.7. The smallest absolute Gasteiger partial charge is 0.335 e. The van der Waals surface area contributed by atoms with Crippen molar-refractivity contribution in [1.82, 2.24) is 4.72 Å². The Labute approximate surface area is 159 Å². The van der Waals surface area contributed by atoms with Crippen molar-refractivity contribution >= 4 is 16.0 Å². The largest absolute Gasteiger partial charge is 0.478 e. The Morgan fingerprint density at radius 3 is 2.30 bits per heavy atom. The van der Waals surface area contributed by atoms with E-state index in [1.54, 1.807) is 19.9 Å². The highest BCUT2D eigenvalue weighted by Crippen LogP contribution is 2.26. The summed E-state index contributed by atoms with van der Waals surface area (Å²) in [5.41, 5.74) is 2.77. The van der Waals surface area contributed by atoms with Crippen molar-refractivity contribution in [1.29, 1.82) is 5.26 Å². The fraction of sp³-hybridized carbons (Fsp3) is 0.300. The molecule has 0 radical (unpaired) electrons. The van der Waals surface area contributed by atoms with Crippen LogP contribution in [-0.2, 0) is 10.0 Å². The molecule has 1 atom stereocenters. The molecule has 0 bridgehead atoms. The molecule has 2 N–H and O–H groups in total. The van der Waals surface area contributed by atoms with Crippen molar-refractivity contribution in [3.05, 3.63) is 59.2 Å². The molecule has 1 unspecified atom stereocenters. The summed E-state index contributed by atoms with van der Waals surface area (Å²) in [6.07, 6.45) is 0. The van der Waals surface area contributed by atoms with Gasteiger partial charge in [-0.05, 0) is 48.6 Å². The number of nitrogens with one attached hydrogen (secondary N) is 1. The number of rotatable bonds is 7. The van der Waals surface area contributed by atoms with E-state index >= 15 is 0 Å². The first kappa shape index (κ1) is 20.6. The van der Waals surface area contributed by atoms with Crippen LogP contribution in [0.4, 0.5) is 0 Å². The van der Waals surface area contributed by atoms with E-state index < -0.39 is 21.2 Å². The molecular weight excluding hydrogens is 364 g/mol. The van der Waals surface area contributed by atoms with Gasteiger partial charge in [-0.25, -0.2) is 17.9 Å². The van der Waals surface area contributed by atoms with Crippen molar-refractivity contribution in [2.45, 2.75) is 31.9 Å². The average molecular weight is 386 g/mol. The molecule has 0 spiro atoms. The first-order valence-corrected chi connectivity index (χ1v) is 10.1. The fourth-order valence-corrected chi connectivity index (χ4v) is 3.35. The Morgan fingerprint density at radius 2 is 1.78 bits per heavy atom. The van der Waals surface area contributed by atoms with Crippen LogP contribution >= 0.6 is 0 Å². The molecule has 0 aliphatic rings. The van der Waals surface area contributed by atoms with Crippen molar-refractivity contribution < 1.29 is 18.3 Å². The summed E-state index contributed by atoms with van der Waals surface area (Å²) in [4.78, 5) is 11.1. The van der Waals surface area contributed by atoms with Crippen LogP contribution in [0.2, 0.25) is 0 Å². The number of benzene rings is 2. The summed E-state index contributed by atoms with van der Waals surface area (Å²) in [6, 6.07) is 13.9. The summed E-state index contributed by atoms with van der Waals surface area (Å²) in [5.74, 6) is -1.09. The number of nitriles is 1. The van der Waals surface area contributed by atoms with Crippen LogP contribution in [0.5, 0.6) is 0 Å². The summed E-state index contributed by atoms with van der Waals surface area (Å²) < 4.78 is 26.3. The predicted molar refractivity (Wildman–Crippen MR) is 104 cm³/mol. The zero-order valence-corrected chi connectivity index (χ0v) is 16.2. The molecule has 142 valence electrons. The van der Waals surface area contributed by atoms with Gasteiger partial charge in [0.25, 0.3) is 0 Å². The van der Waals surface area contributed by atoms with E-state index in [0.29, 0.717) is 17.7 Å². The molecule has 7 heteroatoms. The van der Waals surface area contributed by atoms with Crippen molar-refractivity contribution in [2.75, 3.05) is 6.54 Å². The number of aromatic carboxylic acids is 1. The summed E-state index contributed by atoms with van der Waals surface area (Å²) >= 11 is 0. The fourth-order valence-electron chi connectivity index (χ4n) is 2.54. The Hall–Kier alpha value is -2.69. The molecule has 0 fully saturated rings. The van der Waals surface area contributed by atoms with Crippen molar-refractivity contribution in [3.8, 4) is 17.2 Å². The number of carboxylic acid groups (broad SMARTS) is 1. The molecule has 0 heterocycles. The van der Waals surface area contributed by atoms with Crippen LogP contribution in [0.15, 0.2) is 42.5 Å². The SMILES string of the molecule is CC(CNS(=O)(=O)C(C)C)c1ccc(-c2ccc(C(=O)O)cc2C#N)cc1. The average Bonchev–Trinajstić information content (AvgIpc) is 2.65. The van der Waals surface area contributed by atoms with E-state index in [9.17, 15) is 18.5 Å². The molecule has 27 heavy (non-hydrogen) atoms. The molecular formula is C20H22N2O4S. The lowest BCUT2D eigenvalue weighted by atomic mass is 9.94. The molecule has 2 aromatic carbocycles. The van der Waals surface area contributed by atoms with Crippen LogP contribution in [0.25, 0.3) is 11.1 Å². The van der Waals surface area contributed by atoms with E-state index in [1.165, 1.54) is 12.1 Å². The lowest BCUT2D eigenvalue weighted by Crippen LogP contribution is -2.33. The first-order valence-electron chi connectivity index (χ1n) is 8.52. The zero-order chi connectivity index (χ0) is 20.2. The molecule has 2 rings (SSSR count). The minimum atomic E-state index is -3.31. The standard InChI is InChI=1S/C20H22N2O4S/c1-13(2)27(25,26)22-12-14(3)15-4-6-16(7-5-15)19-9-8-17(20(23)24)10-18(19)11-21/h4-10,13-14,22H,12H2,1-3H3,(H,23,24). The number of hydrogen-bond donors (Lipinski definition) is 2. The molecule has 0 aliphatic carbocycles. The van der Waals surface area contributed by atoms with Crippen molar-refractivity contribution in [2.24, 2.45) is 0 Å². The predicted octanol–water partition coefficient (Wildman–Crippen LogP) is 3.35. The highest BCUT2D eigenvalue weighted by Gasteiger charge is 2.17. The molecule has 6 nitrogen and oxygen atoms in total. The van der Waals surface area contributed by atoms with Gasteiger partial charge in [0.2, 0.25) is 10.0 Å². The maximum atomic E-state index is 11.9. The molecule has 0 amide bonds. The Kier molecular flexibility index (Phi) is 6.37. The third-order valence-corrected chi connectivity index (χ3v) is 6.20. The lowest BCUT2D eigenvalue weighted by Gasteiger charge is -2.15. The van der Waals surface area contributed by atoms with E-state index in [0.717, 1.165) is 11.1 Å². The topological polar surface area (TPSA) is 107 Å². The van der Waals surface area contributed by atoms with Gasteiger partial charge in [-0.1, -0.05) is 37.3 Å². The van der Waals surface area contributed by atoms with Gasteiger partial charge in [0.05, 0.1) is 22.4 Å². The Balaban J connectivity index is 2.20. The van der Waals surface area contributed by atoms with E-state index in [2.05, 4.69) is 4.72 Å². The maximum absolute atomic E-state index is 11.9. The minimum Gasteiger partial charge on any atom is -0.478 e. The van der Waals surface area contributed by atoms with Gasteiger partial charge in [-0.3, -0.25) is 0 Å². The number of carboxylic acids is 1.